The second-order valence-electron chi connectivity index (χ2n) is 3.61. The van der Waals surface area contributed by atoms with Gasteiger partial charge in [-0.3, -0.25) is 0 Å². The summed E-state index contributed by atoms with van der Waals surface area (Å²) in [4.78, 5) is 2.41. The lowest BCUT2D eigenvalue weighted by Crippen LogP contribution is -1.91. The van der Waals surface area contributed by atoms with Crippen molar-refractivity contribution in [2.45, 2.75) is 11.8 Å². The summed E-state index contributed by atoms with van der Waals surface area (Å²) < 4.78 is 14.2. The van der Waals surface area contributed by atoms with Crippen LogP contribution in [-0.2, 0) is 0 Å². The molecule has 1 aromatic carbocycles. The summed E-state index contributed by atoms with van der Waals surface area (Å²) in [6, 6.07) is 6.85. The maximum Gasteiger partial charge on any atom is 0.141 e. The predicted molar refractivity (Wildman–Crippen MR) is 78.9 cm³/mol. The molecule has 0 radical (unpaired) electrons. The fraction of sp³-hybridized carbons (Fsp3) is 0.167. The first-order valence-electron chi connectivity index (χ1n) is 4.84. The summed E-state index contributed by atoms with van der Waals surface area (Å²) in [5, 5.41) is 0.149. The van der Waals surface area contributed by atoms with Crippen LogP contribution in [0.25, 0.3) is 0 Å². The zero-order chi connectivity index (χ0) is 12.6. The average molecular weight is 399 g/mol. The standard InChI is InChI=1S/C12H8Br2ClFS/c1-6-4-8(13)12(17-6)11(14)7-2-3-10(16)9(15)5-7/h2-5,11H,1H3. The number of halogens is 4. The number of thiophene rings is 1. The molecule has 0 aliphatic carbocycles. The van der Waals surface area contributed by atoms with Crippen LogP contribution in [0, 0.1) is 12.7 Å². The van der Waals surface area contributed by atoms with Crippen LogP contribution >= 0.6 is 54.8 Å². The minimum absolute atomic E-state index is 0.0219. The smallest absolute Gasteiger partial charge is 0.141 e. The first kappa shape index (κ1) is 13.5. The minimum Gasteiger partial charge on any atom is -0.205 e. The van der Waals surface area contributed by atoms with Gasteiger partial charge in [-0.25, -0.2) is 4.39 Å². The molecule has 0 saturated heterocycles. The first-order chi connectivity index (χ1) is 7.99. The maximum atomic E-state index is 13.1. The summed E-state index contributed by atoms with van der Waals surface area (Å²) in [7, 11) is 0. The normalized spacial score (nSPS) is 12.8. The fourth-order valence-electron chi connectivity index (χ4n) is 1.50. The molecule has 0 aliphatic heterocycles. The lowest BCUT2D eigenvalue weighted by molar-refractivity contribution is 0.627. The van der Waals surface area contributed by atoms with Crippen molar-refractivity contribution in [1.29, 1.82) is 0 Å². The van der Waals surface area contributed by atoms with Crippen LogP contribution in [0.1, 0.15) is 20.1 Å². The number of rotatable bonds is 2. The van der Waals surface area contributed by atoms with Gasteiger partial charge in [-0.15, -0.1) is 11.3 Å². The zero-order valence-electron chi connectivity index (χ0n) is 8.81. The van der Waals surface area contributed by atoms with E-state index in [1.807, 2.05) is 0 Å². The van der Waals surface area contributed by atoms with Crippen molar-refractivity contribution in [3.63, 3.8) is 0 Å². The van der Waals surface area contributed by atoms with Crippen molar-refractivity contribution >= 4 is 54.8 Å². The van der Waals surface area contributed by atoms with E-state index in [2.05, 4.69) is 44.8 Å². The van der Waals surface area contributed by atoms with Crippen molar-refractivity contribution in [3.05, 3.63) is 54.9 Å². The largest absolute Gasteiger partial charge is 0.205 e. The molecule has 0 N–H and O–H groups in total. The topological polar surface area (TPSA) is 0 Å². The van der Waals surface area contributed by atoms with Gasteiger partial charge in [0, 0.05) is 14.2 Å². The van der Waals surface area contributed by atoms with E-state index in [0.717, 1.165) is 14.9 Å². The molecule has 0 spiro atoms. The van der Waals surface area contributed by atoms with Crippen LogP contribution in [0.3, 0.4) is 0 Å². The van der Waals surface area contributed by atoms with Gasteiger partial charge in [-0.2, -0.15) is 0 Å². The van der Waals surface area contributed by atoms with Crippen molar-refractivity contribution < 1.29 is 4.39 Å². The molecule has 1 aromatic heterocycles. The van der Waals surface area contributed by atoms with Crippen molar-refractivity contribution in [2.24, 2.45) is 0 Å². The van der Waals surface area contributed by atoms with Crippen LogP contribution < -0.4 is 0 Å². The van der Waals surface area contributed by atoms with Crippen LogP contribution in [0.15, 0.2) is 28.7 Å². The predicted octanol–water partition coefficient (Wildman–Crippen LogP) is 6.10. The molecule has 1 unspecified atom stereocenters. The molecule has 5 heteroatoms. The number of hydrogen-bond donors (Lipinski definition) is 0. The van der Waals surface area contributed by atoms with Crippen LogP contribution in [0.2, 0.25) is 5.02 Å². The van der Waals surface area contributed by atoms with Gasteiger partial charge in [0.25, 0.3) is 0 Å². The molecule has 0 nitrogen and oxygen atoms in total. The van der Waals surface area contributed by atoms with E-state index < -0.39 is 5.82 Å². The fourth-order valence-corrected chi connectivity index (χ4v) is 4.69. The number of alkyl halides is 1. The third-order valence-corrected chi connectivity index (χ3v) is 5.92. The van der Waals surface area contributed by atoms with Gasteiger partial charge < -0.3 is 0 Å². The van der Waals surface area contributed by atoms with E-state index in [-0.39, 0.29) is 9.85 Å². The molecule has 0 bridgehead atoms. The van der Waals surface area contributed by atoms with Gasteiger partial charge in [0.2, 0.25) is 0 Å². The highest BCUT2D eigenvalue weighted by atomic mass is 79.9. The molecule has 1 atom stereocenters. The highest BCUT2D eigenvalue weighted by Crippen LogP contribution is 2.41. The molecule has 0 amide bonds. The Morgan fingerprint density at radius 1 is 1.35 bits per heavy atom. The summed E-state index contributed by atoms with van der Waals surface area (Å²) in [6.45, 7) is 2.05. The van der Waals surface area contributed by atoms with E-state index >= 15 is 0 Å². The molecular formula is C12H8Br2ClFS. The van der Waals surface area contributed by atoms with Gasteiger partial charge in [-0.1, -0.05) is 33.6 Å². The zero-order valence-corrected chi connectivity index (χ0v) is 13.6. The molecule has 17 heavy (non-hydrogen) atoms. The highest BCUT2D eigenvalue weighted by molar-refractivity contribution is 9.11. The Balaban J connectivity index is 2.40. The van der Waals surface area contributed by atoms with Gasteiger partial charge >= 0.3 is 0 Å². The van der Waals surface area contributed by atoms with E-state index in [4.69, 9.17) is 11.6 Å². The van der Waals surface area contributed by atoms with E-state index in [1.54, 1.807) is 23.5 Å². The van der Waals surface area contributed by atoms with Crippen molar-refractivity contribution in [1.82, 2.24) is 0 Å². The lowest BCUT2D eigenvalue weighted by atomic mass is 10.1. The molecule has 2 rings (SSSR count). The van der Waals surface area contributed by atoms with Crippen LogP contribution in [0.5, 0.6) is 0 Å². The van der Waals surface area contributed by atoms with E-state index in [0.29, 0.717) is 0 Å². The van der Waals surface area contributed by atoms with Gasteiger partial charge in [-0.05, 0) is 46.6 Å². The van der Waals surface area contributed by atoms with Gasteiger partial charge in [0.1, 0.15) is 5.82 Å². The summed E-state index contributed by atoms with van der Waals surface area (Å²) in [5.41, 5.74) is 0.943. The molecule has 0 fully saturated rings. The first-order valence-corrected chi connectivity index (χ1v) is 7.74. The average Bonchev–Trinajstić information content (AvgIpc) is 2.61. The summed E-state index contributed by atoms with van der Waals surface area (Å²) in [5.74, 6) is -0.392. The van der Waals surface area contributed by atoms with Crippen LogP contribution in [0.4, 0.5) is 4.39 Å². The Labute approximate surface area is 125 Å². The molecular weight excluding hydrogens is 390 g/mol. The Kier molecular flexibility index (Phi) is 4.29. The molecule has 0 aliphatic rings. The second-order valence-corrected chi connectivity index (χ2v) is 7.07. The van der Waals surface area contributed by atoms with Crippen molar-refractivity contribution in [2.75, 3.05) is 0 Å². The summed E-state index contributed by atoms with van der Waals surface area (Å²) in [6.07, 6.45) is 0. The SMILES string of the molecule is Cc1cc(Br)c(C(Br)c2ccc(F)c(Cl)c2)s1. The Bertz CT molecular complexity index is 553. The third-order valence-electron chi connectivity index (χ3n) is 2.30. The maximum absolute atomic E-state index is 13.1. The van der Waals surface area contributed by atoms with Gasteiger partial charge in [0.05, 0.1) is 9.85 Å². The van der Waals surface area contributed by atoms with Crippen molar-refractivity contribution in [3.8, 4) is 0 Å². The molecule has 1 heterocycles. The van der Waals surface area contributed by atoms with E-state index in [9.17, 15) is 4.39 Å². The monoisotopic (exact) mass is 396 g/mol. The Morgan fingerprint density at radius 3 is 2.59 bits per heavy atom. The highest BCUT2D eigenvalue weighted by Gasteiger charge is 2.17. The van der Waals surface area contributed by atoms with Crippen LogP contribution in [-0.4, -0.2) is 0 Å². The van der Waals surface area contributed by atoms with E-state index in [1.165, 1.54) is 10.9 Å². The quantitative estimate of drug-likeness (QED) is 0.537. The molecule has 0 saturated carbocycles. The lowest BCUT2D eigenvalue weighted by Gasteiger charge is -2.09. The number of benzene rings is 1. The Morgan fingerprint density at radius 2 is 2.06 bits per heavy atom. The Hall–Kier alpha value is 0.1000. The number of aryl methyl sites for hydroxylation is 1. The van der Waals surface area contributed by atoms with Gasteiger partial charge in [0.15, 0.2) is 0 Å². The summed E-state index contributed by atoms with van der Waals surface area (Å²) >= 11 is 14.6. The molecule has 2 aromatic rings. The second kappa shape index (κ2) is 5.39. The number of hydrogen-bond acceptors (Lipinski definition) is 1. The third kappa shape index (κ3) is 2.92. The minimum atomic E-state index is -0.392. The molecule has 90 valence electrons.